The van der Waals surface area contributed by atoms with Gasteiger partial charge in [0.25, 0.3) is 0 Å². The summed E-state index contributed by atoms with van der Waals surface area (Å²) in [5, 5.41) is 13.1. The van der Waals surface area contributed by atoms with Crippen molar-refractivity contribution in [1.29, 1.82) is 0 Å². The van der Waals surface area contributed by atoms with Gasteiger partial charge in [0.05, 0.1) is 6.61 Å². The van der Waals surface area contributed by atoms with Crippen LogP contribution in [0.5, 0.6) is 0 Å². The second-order valence-corrected chi connectivity index (χ2v) is 7.97. The van der Waals surface area contributed by atoms with Gasteiger partial charge in [-0.1, -0.05) is 19.3 Å². The fraction of sp³-hybridized carbons (Fsp3) is 1.00. The minimum atomic E-state index is -0.0305. The number of rotatable bonds is 10. The first kappa shape index (κ1) is 15.7. The van der Waals surface area contributed by atoms with Crippen molar-refractivity contribution in [3.05, 3.63) is 0 Å². The average molecular weight is 285 g/mol. The summed E-state index contributed by atoms with van der Waals surface area (Å²) in [6.45, 7) is 2.45. The first-order chi connectivity index (χ1) is 9.22. The molecule has 0 radical (unpaired) electrons. The van der Waals surface area contributed by atoms with Gasteiger partial charge in [-0.3, -0.25) is 0 Å². The van der Waals surface area contributed by atoms with E-state index in [0.29, 0.717) is 6.04 Å². The van der Waals surface area contributed by atoms with Gasteiger partial charge in [-0.15, -0.1) is 0 Å². The minimum absolute atomic E-state index is 0.0305. The molecule has 0 aromatic heterocycles. The molecule has 2 nitrogen and oxygen atoms in total. The summed E-state index contributed by atoms with van der Waals surface area (Å²) in [7, 11) is 0. The van der Waals surface area contributed by atoms with Gasteiger partial charge in [-0.2, -0.15) is 11.8 Å². The summed E-state index contributed by atoms with van der Waals surface area (Å²) in [4.78, 5) is 0. The van der Waals surface area contributed by atoms with E-state index in [4.69, 9.17) is 0 Å². The van der Waals surface area contributed by atoms with Crippen molar-refractivity contribution in [3.8, 4) is 0 Å². The van der Waals surface area contributed by atoms with Crippen molar-refractivity contribution in [3.63, 3.8) is 0 Å². The molecule has 0 aliphatic heterocycles. The Bertz CT molecular complexity index is 251. The maximum absolute atomic E-state index is 9.54. The van der Waals surface area contributed by atoms with Gasteiger partial charge in [0, 0.05) is 11.6 Å². The predicted octanol–water partition coefficient (Wildman–Crippen LogP) is 3.58. The fourth-order valence-corrected chi connectivity index (χ4v) is 4.31. The number of hydrogen-bond acceptors (Lipinski definition) is 3. The summed E-state index contributed by atoms with van der Waals surface area (Å²) in [5.41, 5.74) is -0.0305. The highest BCUT2D eigenvalue weighted by molar-refractivity contribution is 7.99. The lowest BCUT2D eigenvalue weighted by Gasteiger charge is -2.29. The van der Waals surface area contributed by atoms with Crippen LogP contribution in [0.4, 0.5) is 0 Å². The molecule has 0 aromatic carbocycles. The zero-order valence-electron chi connectivity index (χ0n) is 12.5. The van der Waals surface area contributed by atoms with Crippen LogP contribution in [0.15, 0.2) is 0 Å². The van der Waals surface area contributed by atoms with Gasteiger partial charge in [0.2, 0.25) is 0 Å². The number of aliphatic hydroxyl groups is 1. The number of aliphatic hydroxyl groups excluding tert-OH is 1. The Morgan fingerprint density at radius 1 is 1.16 bits per heavy atom. The average Bonchev–Trinajstić information content (AvgIpc) is 3.06. The smallest absolute Gasteiger partial charge is 0.0610 e. The maximum Gasteiger partial charge on any atom is 0.0610 e. The van der Waals surface area contributed by atoms with Crippen molar-refractivity contribution in [2.75, 3.05) is 18.1 Å². The third-order valence-corrected chi connectivity index (χ3v) is 5.86. The third kappa shape index (κ3) is 6.05. The lowest BCUT2D eigenvalue weighted by molar-refractivity contribution is 0.161. The number of hydrogen-bond donors (Lipinski definition) is 2. The standard InChI is InChI=1S/C16H31NOS/c1-16(13-18,17-15-8-9-15)10-4-5-11-19-12-14-6-2-3-7-14/h14-15,17-18H,2-13H2,1H3. The van der Waals surface area contributed by atoms with Crippen molar-refractivity contribution in [2.24, 2.45) is 5.92 Å². The Morgan fingerprint density at radius 3 is 2.53 bits per heavy atom. The molecule has 2 fully saturated rings. The predicted molar refractivity (Wildman–Crippen MR) is 84.8 cm³/mol. The van der Waals surface area contributed by atoms with Crippen LogP contribution in [-0.4, -0.2) is 34.8 Å². The van der Waals surface area contributed by atoms with Crippen LogP contribution in [0.25, 0.3) is 0 Å². The molecular weight excluding hydrogens is 254 g/mol. The van der Waals surface area contributed by atoms with E-state index in [1.807, 2.05) is 0 Å². The van der Waals surface area contributed by atoms with Crippen LogP contribution >= 0.6 is 11.8 Å². The van der Waals surface area contributed by atoms with Crippen LogP contribution in [0, 0.1) is 5.92 Å². The van der Waals surface area contributed by atoms with Crippen LogP contribution in [0.1, 0.15) is 64.7 Å². The zero-order chi connectivity index (χ0) is 13.6. The van der Waals surface area contributed by atoms with Crippen molar-refractivity contribution >= 4 is 11.8 Å². The van der Waals surface area contributed by atoms with Gasteiger partial charge >= 0.3 is 0 Å². The first-order valence-corrected chi connectivity index (χ1v) is 9.34. The second-order valence-electron chi connectivity index (χ2n) is 6.82. The van der Waals surface area contributed by atoms with E-state index in [1.165, 1.54) is 62.9 Å². The lowest BCUT2D eigenvalue weighted by atomic mass is 9.96. The molecule has 0 heterocycles. The maximum atomic E-state index is 9.54. The normalized spacial score (nSPS) is 23.7. The molecule has 1 unspecified atom stereocenters. The molecule has 3 heteroatoms. The molecule has 2 aliphatic carbocycles. The molecule has 0 saturated heterocycles. The summed E-state index contributed by atoms with van der Waals surface area (Å²) in [6.07, 6.45) is 12.1. The molecule has 2 N–H and O–H groups in total. The summed E-state index contributed by atoms with van der Waals surface area (Å²) >= 11 is 2.15. The quantitative estimate of drug-likeness (QED) is 0.602. The van der Waals surface area contributed by atoms with E-state index in [-0.39, 0.29) is 12.1 Å². The Labute approximate surface area is 123 Å². The van der Waals surface area contributed by atoms with Gasteiger partial charge in [0.15, 0.2) is 0 Å². The summed E-state index contributed by atoms with van der Waals surface area (Å²) in [6, 6.07) is 0.689. The molecular formula is C16H31NOS. The van der Waals surface area contributed by atoms with E-state index in [2.05, 4.69) is 24.0 Å². The highest BCUT2D eigenvalue weighted by atomic mass is 32.2. The molecule has 0 bridgehead atoms. The molecule has 2 rings (SSSR count). The lowest BCUT2D eigenvalue weighted by Crippen LogP contribution is -2.46. The topological polar surface area (TPSA) is 32.3 Å². The van der Waals surface area contributed by atoms with Gasteiger partial charge in [0.1, 0.15) is 0 Å². The molecule has 0 spiro atoms. The fourth-order valence-electron chi connectivity index (χ4n) is 3.06. The molecule has 0 amide bonds. The van der Waals surface area contributed by atoms with Crippen molar-refractivity contribution in [2.45, 2.75) is 76.3 Å². The first-order valence-electron chi connectivity index (χ1n) is 8.18. The second kappa shape index (κ2) is 7.90. The zero-order valence-corrected chi connectivity index (χ0v) is 13.3. The molecule has 19 heavy (non-hydrogen) atoms. The Kier molecular flexibility index (Phi) is 6.51. The third-order valence-electron chi connectivity index (χ3n) is 4.57. The van der Waals surface area contributed by atoms with Crippen LogP contribution < -0.4 is 5.32 Å². The minimum Gasteiger partial charge on any atom is -0.394 e. The summed E-state index contributed by atoms with van der Waals surface area (Å²) < 4.78 is 0. The van der Waals surface area contributed by atoms with E-state index in [0.717, 1.165) is 12.3 Å². The Balaban J connectivity index is 1.47. The molecule has 1 atom stereocenters. The van der Waals surface area contributed by atoms with E-state index in [9.17, 15) is 5.11 Å². The molecule has 112 valence electrons. The highest BCUT2D eigenvalue weighted by Gasteiger charge is 2.31. The van der Waals surface area contributed by atoms with E-state index < -0.39 is 0 Å². The highest BCUT2D eigenvalue weighted by Crippen LogP contribution is 2.28. The Hall–Kier alpha value is 0.270. The summed E-state index contributed by atoms with van der Waals surface area (Å²) in [5.74, 6) is 3.71. The number of thioether (sulfide) groups is 1. The number of nitrogens with one attached hydrogen (secondary N) is 1. The number of unbranched alkanes of at least 4 members (excludes halogenated alkanes) is 1. The van der Waals surface area contributed by atoms with Crippen molar-refractivity contribution < 1.29 is 5.11 Å². The van der Waals surface area contributed by atoms with Crippen LogP contribution in [0.2, 0.25) is 0 Å². The van der Waals surface area contributed by atoms with Crippen molar-refractivity contribution in [1.82, 2.24) is 5.32 Å². The van der Waals surface area contributed by atoms with Crippen LogP contribution in [0.3, 0.4) is 0 Å². The van der Waals surface area contributed by atoms with E-state index >= 15 is 0 Å². The van der Waals surface area contributed by atoms with Gasteiger partial charge in [-0.25, -0.2) is 0 Å². The van der Waals surface area contributed by atoms with Crippen LogP contribution in [-0.2, 0) is 0 Å². The monoisotopic (exact) mass is 285 g/mol. The van der Waals surface area contributed by atoms with Gasteiger partial charge < -0.3 is 10.4 Å². The Morgan fingerprint density at radius 2 is 1.89 bits per heavy atom. The molecule has 2 saturated carbocycles. The van der Waals surface area contributed by atoms with Gasteiger partial charge in [-0.05, 0) is 62.9 Å². The SMILES string of the molecule is CC(CO)(CCCCSCC1CCCC1)NC1CC1. The molecule has 0 aromatic rings. The van der Waals surface area contributed by atoms with E-state index in [1.54, 1.807) is 0 Å². The largest absolute Gasteiger partial charge is 0.394 e. The molecule has 2 aliphatic rings.